The van der Waals surface area contributed by atoms with Gasteiger partial charge in [0.1, 0.15) is 23.7 Å². The molecule has 3 aromatic heterocycles. The van der Waals surface area contributed by atoms with Gasteiger partial charge in [0.25, 0.3) is 5.91 Å². The number of anilines is 4. The maximum absolute atomic E-state index is 13.4. The van der Waals surface area contributed by atoms with Crippen LogP contribution in [0.15, 0.2) is 60.4 Å². The number of nitrogens with zero attached hydrogens (tertiary/aromatic N) is 3. The number of carbonyl (C=O) groups excluding carboxylic acids is 1. The molecule has 0 aliphatic heterocycles. The smallest absolute Gasteiger partial charge is 0.258 e. The Morgan fingerprint density at radius 1 is 1.00 bits per heavy atom. The van der Waals surface area contributed by atoms with Crippen molar-refractivity contribution in [2.75, 3.05) is 23.1 Å². The topological polar surface area (TPSA) is 101 Å². The lowest BCUT2D eigenvalue weighted by Gasteiger charge is -2.15. The highest BCUT2D eigenvalue weighted by Crippen LogP contribution is 2.35. The second-order valence-corrected chi connectivity index (χ2v) is 9.67. The number of thiophene rings is 1. The molecule has 36 heavy (non-hydrogen) atoms. The first-order chi connectivity index (χ1) is 17.6. The van der Waals surface area contributed by atoms with Gasteiger partial charge in [-0.15, -0.1) is 11.3 Å². The molecule has 180 valence electrons. The normalized spacial score (nSPS) is 13.1. The van der Waals surface area contributed by atoms with Crippen molar-refractivity contribution >= 4 is 61.2 Å². The number of benzene rings is 2. The predicted molar refractivity (Wildman–Crippen MR) is 145 cm³/mol. The first-order valence-electron chi connectivity index (χ1n) is 11.7. The number of aromatic nitrogens is 3. The van der Waals surface area contributed by atoms with Gasteiger partial charge in [0.2, 0.25) is 0 Å². The third-order valence-electron chi connectivity index (χ3n) is 6.26. The van der Waals surface area contributed by atoms with Gasteiger partial charge in [-0.2, -0.15) is 0 Å². The largest absolute Gasteiger partial charge is 0.497 e. The lowest BCUT2D eigenvalue weighted by molar-refractivity contribution is 0.102. The zero-order valence-corrected chi connectivity index (χ0v) is 20.6. The van der Waals surface area contributed by atoms with Crippen LogP contribution in [0.5, 0.6) is 5.75 Å². The third kappa shape index (κ3) is 4.18. The number of hydrogen-bond acceptors (Lipinski definition) is 8. The second-order valence-electron chi connectivity index (χ2n) is 8.79. The fourth-order valence-corrected chi connectivity index (χ4v) is 5.11. The van der Waals surface area contributed by atoms with Crippen LogP contribution in [-0.2, 0) is 0 Å². The quantitative estimate of drug-likeness (QED) is 0.249. The van der Waals surface area contributed by atoms with Gasteiger partial charge < -0.3 is 20.7 Å². The molecule has 1 aliphatic rings. The molecule has 8 nitrogen and oxygen atoms in total. The molecule has 1 aliphatic carbocycles. The molecule has 1 fully saturated rings. The first kappa shape index (κ1) is 22.2. The minimum Gasteiger partial charge on any atom is -0.497 e. The zero-order valence-electron chi connectivity index (χ0n) is 19.8. The van der Waals surface area contributed by atoms with Crippen LogP contribution >= 0.6 is 11.3 Å². The first-order valence-corrected chi connectivity index (χ1v) is 12.6. The Kier molecular flexibility index (Phi) is 5.61. The van der Waals surface area contributed by atoms with Crippen LogP contribution in [0.2, 0.25) is 0 Å². The van der Waals surface area contributed by atoms with E-state index in [4.69, 9.17) is 4.74 Å². The Morgan fingerprint density at radius 3 is 2.61 bits per heavy atom. The molecule has 1 amide bonds. The highest BCUT2D eigenvalue weighted by Gasteiger charge is 2.24. The highest BCUT2D eigenvalue weighted by atomic mass is 32.1. The summed E-state index contributed by atoms with van der Waals surface area (Å²) in [7, 11) is 1.64. The molecular formula is C27H24N6O2S. The number of pyridine rings is 1. The van der Waals surface area contributed by atoms with Crippen LogP contribution in [0, 0.1) is 6.92 Å². The summed E-state index contributed by atoms with van der Waals surface area (Å²) in [6.45, 7) is 1.98. The van der Waals surface area contributed by atoms with Gasteiger partial charge in [-0.3, -0.25) is 4.79 Å². The number of fused-ring (bicyclic) bond motifs is 2. The van der Waals surface area contributed by atoms with Crippen molar-refractivity contribution in [3.63, 3.8) is 0 Å². The standard InChI is InChI=1S/C27H24N6O2S/c1-15-3-10-20-19(11-12-28-25(20)31-17-6-8-18(35-2)9-7-17)22(15)33-27(34)21-13-36-24-23(21)29-14-30-26(24)32-16-4-5-16/h3,6-14,16H,4-5H2,1-2H3,(H,28,31)(H,33,34)(H,29,30,32). The molecular weight excluding hydrogens is 472 g/mol. The minimum atomic E-state index is -0.200. The van der Waals surface area contributed by atoms with Crippen molar-refractivity contribution in [3.8, 4) is 5.75 Å². The molecule has 3 heterocycles. The van der Waals surface area contributed by atoms with E-state index in [1.54, 1.807) is 13.3 Å². The maximum Gasteiger partial charge on any atom is 0.258 e. The van der Waals surface area contributed by atoms with E-state index >= 15 is 0 Å². The third-order valence-corrected chi connectivity index (χ3v) is 7.24. The summed E-state index contributed by atoms with van der Waals surface area (Å²) in [6.07, 6.45) is 5.55. The van der Waals surface area contributed by atoms with Gasteiger partial charge in [-0.1, -0.05) is 12.1 Å². The van der Waals surface area contributed by atoms with Crippen LogP contribution < -0.4 is 20.7 Å². The molecule has 9 heteroatoms. The molecule has 1 saturated carbocycles. The van der Waals surface area contributed by atoms with Crippen LogP contribution in [-0.4, -0.2) is 34.0 Å². The van der Waals surface area contributed by atoms with Crippen molar-refractivity contribution in [1.82, 2.24) is 15.0 Å². The van der Waals surface area contributed by atoms with Gasteiger partial charge in [0, 0.05) is 34.1 Å². The van der Waals surface area contributed by atoms with Crippen molar-refractivity contribution < 1.29 is 9.53 Å². The van der Waals surface area contributed by atoms with Crippen molar-refractivity contribution in [2.24, 2.45) is 0 Å². The molecule has 0 bridgehead atoms. The summed E-state index contributed by atoms with van der Waals surface area (Å²) < 4.78 is 6.15. The van der Waals surface area contributed by atoms with Gasteiger partial charge in [-0.05, 0) is 55.7 Å². The average Bonchev–Trinajstić information content (AvgIpc) is 3.61. The van der Waals surface area contributed by atoms with E-state index in [0.717, 1.165) is 56.8 Å². The lowest BCUT2D eigenvalue weighted by atomic mass is 10.0. The van der Waals surface area contributed by atoms with Crippen molar-refractivity contribution in [2.45, 2.75) is 25.8 Å². The van der Waals surface area contributed by atoms with Gasteiger partial charge in [-0.25, -0.2) is 15.0 Å². The molecule has 0 unspecified atom stereocenters. The Hall–Kier alpha value is -4.24. The molecule has 6 rings (SSSR count). The van der Waals surface area contributed by atoms with E-state index in [0.29, 0.717) is 22.9 Å². The number of aryl methyl sites for hydroxylation is 1. The fourth-order valence-electron chi connectivity index (χ4n) is 4.16. The molecule has 3 N–H and O–H groups in total. The van der Waals surface area contributed by atoms with Crippen LogP contribution in [0.4, 0.5) is 23.0 Å². The van der Waals surface area contributed by atoms with E-state index in [1.165, 1.54) is 17.7 Å². The predicted octanol–water partition coefficient (Wildman–Crippen LogP) is 6.13. The fraction of sp³-hybridized carbons (Fsp3) is 0.185. The van der Waals surface area contributed by atoms with Gasteiger partial charge in [0.05, 0.1) is 28.6 Å². The molecule has 0 saturated heterocycles. The Bertz CT molecular complexity index is 1590. The number of ether oxygens (including phenoxy) is 1. The Balaban J connectivity index is 1.32. The van der Waals surface area contributed by atoms with E-state index in [-0.39, 0.29) is 5.91 Å². The minimum absolute atomic E-state index is 0.200. The maximum atomic E-state index is 13.4. The Labute approximate surface area is 211 Å². The van der Waals surface area contributed by atoms with E-state index in [1.807, 2.05) is 54.8 Å². The van der Waals surface area contributed by atoms with E-state index in [2.05, 4.69) is 30.9 Å². The number of nitrogens with one attached hydrogen (secondary N) is 3. The summed E-state index contributed by atoms with van der Waals surface area (Å²) in [5, 5.41) is 13.6. The summed E-state index contributed by atoms with van der Waals surface area (Å²) in [4.78, 5) is 26.8. The van der Waals surface area contributed by atoms with Crippen molar-refractivity contribution in [1.29, 1.82) is 0 Å². The second kappa shape index (κ2) is 9.09. The summed E-state index contributed by atoms with van der Waals surface area (Å²) in [6, 6.07) is 14.1. The summed E-state index contributed by atoms with van der Waals surface area (Å²) >= 11 is 1.49. The number of hydrogen-bond donors (Lipinski definition) is 3. The molecule has 2 aromatic carbocycles. The highest BCUT2D eigenvalue weighted by molar-refractivity contribution is 7.18. The number of rotatable bonds is 7. The van der Waals surface area contributed by atoms with Crippen LogP contribution in [0.25, 0.3) is 21.0 Å². The van der Waals surface area contributed by atoms with Crippen LogP contribution in [0.1, 0.15) is 28.8 Å². The Morgan fingerprint density at radius 2 is 1.83 bits per heavy atom. The molecule has 0 atom stereocenters. The van der Waals surface area contributed by atoms with Crippen molar-refractivity contribution in [3.05, 3.63) is 71.5 Å². The molecule has 0 radical (unpaired) electrons. The van der Waals surface area contributed by atoms with E-state index < -0.39 is 0 Å². The van der Waals surface area contributed by atoms with E-state index in [9.17, 15) is 4.79 Å². The lowest BCUT2D eigenvalue weighted by Crippen LogP contribution is -2.13. The van der Waals surface area contributed by atoms with Gasteiger partial charge in [0.15, 0.2) is 0 Å². The summed E-state index contributed by atoms with van der Waals surface area (Å²) in [5.74, 6) is 2.09. The number of carbonyl (C=O) groups is 1. The number of methoxy groups -OCH3 is 1. The monoisotopic (exact) mass is 496 g/mol. The summed E-state index contributed by atoms with van der Waals surface area (Å²) in [5.41, 5.74) is 3.81. The van der Waals surface area contributed by atoms with Gasteiger partial charge >= 0.3 is 0 Å². The SMILES string of the molecule is COc1ccc(Nc2nccc3c(NC(=O)c4csc5c(NC6CC6)ncnc45)c(C)ccc23)cc1. The average molecular weight is 497 g/mol. The number of amides is 1. The van der Waals surface area contributed by atoms with Crippen LogP contribution in [0.3, 0.4) is 0 Å². The molecule has 5 aromatic rings. The molecule has 0 spiro atoms. The zero-order chi connectivity index (χ0) is 24.6.